The Bertz CT molecular complexity index is 1230. The van der Waals surface area contributed by atoms with Crippen LogP contribution in [0, 0.1) is 0 Å². The number of nitrogens with one attached hydrogen (secondary N) is 1. The molecule has 4 rings (SSSR count). The molecule has 8 nitrogen and oxygen atoms in total. The van der Waals surface area contributed by atoms with E-state index in [9.17, 15) is 13.2 Å². The fraction of sp³-hybridized carbons (Fsp3) is 0.308. The SMILES string of the molecule is CCOc1cc(C(=O)N2CCC(NS(=O)(=O)c3ccccc3)CC2)ccc1OCc1cccnc1. The van der Waals surface area contributed by atoms with Gasteiger partial charge in [0.25, 0.3) is 5.91 Å². The lowest BCUT2D eigenvalue weighted by molar-refractivity contribution is 0.0710. The van der Waals surface area contributed by atoms with Gasteiger partial charge in [0.1, 0.15) is 6.61 Å². The number of rotatable bonds is 9. The summed E-state index contributed by atoms with van der Waals surface area (Å²) >= 11 is 0. The molecule has 1 saturated heterocycles. The van der Waals surface area contributed by atoms with Crippen LogP contribution < -0.4 is 14.2 Å². The third-order valence-electron chi connectivity index (χ3n) is 5.77. The van der Waals surface area contributed by atoms with E-state index in [1.165, 1.54) is 0 Å². The van der Waals surface area contributed by atoms with Gasteiger partial charge in [-0.2, -0.15) is 0 Å². The number of pyridine rings is 1. The smallest absolute Gasteiger partial charge is 0.253 e. The summed E-state index contributed by atoms with van der Waals surface area (Å²) in [4.78, 5) is 19.2. The molecule has 2 heterocycles. The van der Waals surface area contributed by atoms with Crippen LogP contribution in [-0.2, 0) is 16.6 Å². The zero-order valence-corrected chi connectivity index (χ0v) is 20.4. The number of likely N-dealkylation sites (tertiary alicyclic amines) is 1. The largest absolute Gasteiger partial charge is 0.490 e. The highest BCUT2D eigenvalue weighted by Crippen LogP contribution is 2.30. The first-order valence-electron chi connectivity index (χ1n) is 11.6. The van der Waals surface area contributed by atoms with Crippen LogP contribution in [0.4, 0.5) is 0 Å². The molecule has 184 valence electrons. The number of sulfonamides is 1. The Morgan fingerprint density at radius 3 is 2.49 bits per heavy atom. The second kappa shape index (κ2) is 11.3. The standard InChI is InChI=1S/C26H29N3O5S/c1-2-33-25-17-21(10-11-24(25)34-19-20-7-6-14-27-18-20)26(30)29-15-12-22(13-16-29)28-35(31,32)23-8-4-3-5-9-23/h3-11,14,17-18,22,28H,2,12-13,15-16,19H2,1H3. The molecular formula is C26H29N3O5S. The van der Waals surface area contributed by atoms with Crippen molar-refractivity contribution in [1.82, 2.24) is 14.6 Å². The van der Waals surface area contributed by atoms with Gasteiger partial charge < -0.3 is 14.4 Å². The Labute approximate surface area is 206 Å². The van der Waals surface area contributed by atoms with Crippen molar-refractivity contribution in [3.8, 4) is 11.5 Å². The molecule has 0 aliphatic carbocycles. The van der Waals surface area contributed by atoms with Crippen LogP contribution in [0.5, 0.6) is 11.5 Å². The molecule has 1 aliphatic heterocycles. The minimum atomic E-state index is -3.58. The predicted octanol–water partition coefficient (Wildman–Crippen LogP) is 3.64. The fourth-order valence-corrected chi connectivity index (χ4v) is 5.27. The maximum absolute atomic E-state index is 13.1. The van der Waals surface area contributed by atoms with Crippen LogP contribution in [0.1, 0.15) is 35.7 Å². The second-order valence-corrected chi connectivity index (χ2v) is 9.96. The highest BCUT2D eigenvalue weighted by Gasteiger charge is 2.27. The number of nitrogens with zero attached hydrogens (tertiary/aromatic N) is 2. The third kappa shape index (κ3) is 6.37. The molecule has 1 aliphatic rings. The van der Waals surface area contributed by atoms with Crippen molar-refractivity contribution in [2.24, 2.45) is 0 Å². The number of ether oxygens (including phenoxy) is 2. The van der Waals surface area contributed by atoms with Gasteiger partial charge in [-0.3, -0.25) is 9.78 Å². The second-order valence-electron chi connectivity index (χ2n) is 8.25. The molecule has 0 saturated carbocycles. The van der Waals surface area contributed by atoms with E-state index < -0.39 is 10.0 Å². The van der Waals surface area contributed by atoms with Gasteiger partial charge in [-0.15, -0.1) is 0 Å². The van der Waals surface area contributed by atoms with Gasteiger partial charge in [-0.1, -0.05) is 24.3 Å². The lowest BCUT2D eigenvalue weighted by Gasteiger charge is -2.32. The van der Waals surface area contributed by atoms with Gasteiger partial charge in [0.15, 0.2) is 11.5 Å². The molecule has 1 aromatic heterocycles. The van der Waals surface area contributed by atoms with Crippen molar-refractivity contribution in [3.63, 3.8) is 0 Å². The number of benzene rings is 2. The Morgan fingerprint density at radius 1 is 1.03 bits per heavy atom. The Morgan fingerprint density at radius 2 is 1.80 bits per heavy atom. The average molecular weight is 496 g/mol. The molecule has 9 heteroatoms. The summed E-state index contributed by atoms with van der Waals surface area (Å²) in [5.74, 6) is 0.947. The summed E-state index contributed by atoms with van der Waals surface area (Å²) in [7, 11) is -3.58. The molecule has 1 amide bonds. The maximum Gasteiger partial charge on any atom is 0.253 e. The quantitative estimate of drug-likeness (QED) is 0.487. The summed E-state index contributed by atoms with van der Waals surface area (Å²) in [6.45, 7) is 3.58. The molecule has 0 unspecified atom stereocenters. The molecule has 1 N–H and O–H groups in total. The van der Waals surface area contributed by atoms with E-state index >= 15 is 0 Å². The van der Waals surface area contributed by atoms with E-state index in [0.717, 1.165) is 5.56 Å². The molecule has 3 aromatic rings. The van der Waals surface area contributed by atoms with Crippen LogP contribution in [0.2, 0.25) is 0 Å². The molecule has 0 radical (unpaired) electrons. The van der Waals surface area contributed by atoms with Gasteiger partial charge in [0.2, 0.25) is 10.0 Å². The Balaban J connectivity index is 1.37. The number of carbonyl (C=O) groups excluding carboxylic acids is 1. The van der Waals surface area contributed by atoms with E-state index in [1.54, 1.807) is 65.8 Å². The first-order chi connectivity index (χ1) is 17.0. The van der Waals surface area contributed by atoms with Crippen molar-refractivity contribution < 1.29 is 22.7 Å². The first kappa shape index (κ1) is 24.7. The van der Waals surface area contributed by atoms with E-state index in [-0.39, 0.29) is 16.8 Å². The summed E-state index contributed by atoms with van der Waals surface area (Å²) in [5, 5.41) is 0. The van der Waals surface area contributed by atoms with E-state index in [2.05, 4.69) is 9.71 Å². The van der Waals surface area contributed by atoms with E-state index in [1.807, 2.05) is 19.1 Å². The number of carbonyl (C=O) groups is 1. The summed E-state index contributed by atoms with van der Waals surface area (Å²) in [6, 6.07) is 17.0. The minimum absolute atomic E-state index is 0.117. The number of amides is 1. The van der Waals surface area contributed by atoms with Crippen LogP contribution in [-0.4, -0.2) is 49.9 Å². The monoisotopic (exact) mass is 495 g/mol. The van der Waals surface area contributed by atoms with Crippen molar-refractivity contribution >= 4 is 15.9 Å². The highest BCUT2D eigenvalue weighted by atomic mass is 32.2. The summed E-state index contributed by atoms with van der Waals surface area (Å²) in [5.41, 5.74) is 1.44. The lowest BCUT2D eigenvalue weighted by Crippen LogP contribution is -2.46. The van der Waals surface area contributed by atoms with Gasteiger partial charge in [-0.25, -0.2) is 13.1 Å². The Kier molecular flexibility index (Phi) is 7.99. The number of hydrogen-bond donors (Lipinski definition) is 1. The van der Waals surface area contributed by atoms with Crippen LogP contribution >= 0.6 is 0 Å². The van der Waals surface area contributed by atoms with Crippen LogP contribution in [0.25, 0.3) is 0 Å². The van der Waals surface area contributed by atoms with Gasteiger partial charge in [-0.05, 0) is 56.2 Å². The summed E-state index contributed by atoms with van der Waals surface area (Å²) in [6.07, 6.45) is 4.53. The molecule has 35 heavy (non-hydrogen) atoms. The zero-order valence-electron chi connectivity index (χ0n) is 19.6. The normalized spacial score (nSPS) is 14.5. The van der Waals surface area contributed by atoms with Crippen molar-refractivity contribution in [2.75, 3.05) is 19.7 Å². The molecule has 1 fully saturated rings. The van der Waals surface area contributed by atoms with Crippen molar-refractivity contribution in [3.05, 3.63) is 84.2 Å². The molecular weight excluding hydrogens is 466 g/mol. The predicted molar refractivity (Wildman–Crippen MR) is 132 cm³/mol. The summed E-state index contributed by atoms with van der Waals surface area (Å²) < 4.78 is 39.6. The van der Waals surface area contributed by atoms with Crippen molar-refractivity contribution in [1.29, 1.82) is 0 Å². The van der Waals surface area contributed by atoms with Crippen LogP contribution in [0.15, 0.2) is 78.0 Å². The Hall–Kier alpha value is -3.43. The van der Waals surface area contributed by atoms with E-state index in [0.29, 0.717) is 56.2 Å². The minimum Gasteiger partial charge on any atom is -0.490 e. The maximum atomic E-state index is 13.1. The van der Waals surface area contributed by atoms with Crippen molar-refractivity contribution in [2.45, 2.75) is 37.3 Å². The van der Waals surface area contributed by atoms with Gasteiger partial charge in [0, 0.05) is 42.7 Å². The first-order valence-corrected chi connectivity index (χ1v) is 13.1. The lowest BCUT2D eigenvalue weighted by atomic mass is 10.0. The number of aromatic nitrogens is 1. The topological polar surface area (TPSA) is 97.8 Å². The molecule has 0 atom stereocenters. The average Bonchev–Trinajstić information content (AvgIpc) is 2.89. The molecule has 0 bridgehead atoms. The zero-order chi connectivity index (χ0) is 24.7. The number of hydrogen-bond acceptors (Lipinski definition) is 6. The van der Waals surface area contributed by atoms with Crippen LogP contribution in [0.3, 0.4) is 0 Å². The fourth-order valence-electron chi connectivity index (χ4n) is 3.94. The highest BCUT2D eigenvalue weighted by molar-refractivity contribution is 7.89. The molecule has 0 spiro atoms. The van der Waals surface area contributed by atoms with Gasteiger partial charge in [0.05, 0.1) is 11.5 Å². The van der Waals surface area contributed by atoms with Gasteiger partial charge >= 0.3 is 0 Å². The molecule has 2 aromatic carbocycles. The van der Waals surface area contributed by atoms with E-state index in [4.69, 9.17) is 9.47 Å². The number of piperidine rings is 1. The third-order valence-corrected chi connectivity index (χ3v) is 7.30.